The molecule has 2 aromatic rings. The number of halogens is 1. The number of aryl methyl sites for hydroxylation is 1. The number of aromatic carboxylic acids is 1. The maximum Gasteiger partial charge on any atom is 0.335 e. The van der Waals surface area contributed by atoms with Crippen LogP contribution in [0, 0.1) is 5.82 Å². The molecular formula is C13H14FN3O2. The third kappa shape index (κ3) is 2.73. The Morgan fingerprint density at radius 1 is 1.53 bits per heavy atom. The first-order chi connectivity index (χ1) is 8.99. The third-order valence-electron chi connectivity index (χ3n) is 2.83. The molecule has 0 aliphatic heterocycles. The minimum atomic E-state index is -1.09. The van der Waals surface area contributed by atoms with Crippen LogP contribution in [-0.4, -0.2) is 20.6 Å². The van der Waals surface area contributed by atoms with Crippen molar-refractivity contribution in [1.82, 2.24) is 9.55 Å². The Bertz CT molecular complexity index is 610. The number of nitrogens with zero attached hydrogens (tertiary/aromatic N) is 2. The molecule has 1 aromatic carbocycles. The molecule has 0 aliphatic carbocycles. The molecule has 5 nitrogen and oxygen atoms in total. The van der Waals surface area contributed by atoms with E-state index in [4.69, 9.17) is 5.11 Å². The van der Waals surface area contributed by atoms with E-state index in [1.165, 1.54) is 12.1 Å². The summed E-state index contributed by atoms with van der Waals surface area (Å²) in [6, 6.07) is 3.40. The van der Waals surface area contributed by atoms with Crippen molar-refractivity contribution in [3.63, 3.8) is 0 Å². The Labute approximate surface area is 109 Å². The van der Waals surface area contributed by atoms with E-state index in [1.54, 1.807) is 12.4 Å². The maximum atomic E-state index is 13.7. The van der Waals surface area contributed by atoms with Crippen molar-refractivity contribution in [2.24, 2.45) is 7.05 Å². The van der Waals surface area contributed by atoms with E-state index in [0.717, 1.165) is 11.9 Å². The minimum Gasteiger partial charge on any atom is -0.478 e. The zero-order valence-corrected chi connectivity index (χ0v) is 10.6. The second-order valence-corrected chi connectivity index (χ2v) is 4.26. The van der Waals surface area contributed by atoms with Crippen LogP contribution in [0.1, 0.15) is 29.1 Å². The Hall–Kier alpha value is -2.37. The van der Waals surface area contributed by atoms with Crippen molar-refractivity contribution in [3.8, 4) is 0 Å². The molecule has 0 saturated carbocycles. The van der Waals surface area contributed by atoms with Gasteiger partial charge >= 0.3 is 5.97 Å². The maximum absolute atomic E-state index is 13.7. The van der Waals surface area contributed by atoms with Gasteiger partial charge in [-0.05, 0) is 25.1 Å². The molecule has 100 valence electrons. The number of carboxylic acids is 1. The summed E-state index contributed by atoms with van der Waals surface area (Å²) in [7, 11) is 1.84. The fourth-order valence-corrected chi connectivity index (χ4v) is 1.86. The molecule has 2 N–H and O–H groups in total. The number of hydrogen-bond acceptors (Lipinski definition) is 3. The molecule has 0 radical (unpaired) electrons. The third-order valence-corrected chi connectivity index (χ3v) is 2.83. The summed E-state index contributed by atoms with van der Waals surface area (Å²) in [4.78, 5) is 15.0. The summed E-state index contributed by atoms with van der Waals surface area (Å²) < 4.78 is 15.5. The summed E-state index contributed by atoms with van der Waals surface area (Å²) in [5.41, 5.74) is 0.186. The smallest absolute Gasteiger partial charge is 0.335 e. The highest BCUT2D eigenvalue weighted by molar-refractivity contribution is 5.88. The average Bonchev–Trinajstić information content (AvgIpc) is 2.78. The van der Waals surface area contributed by atoms with Gasteiger partial charge in [-0.1, -0.05) is 0 Å². The van der Waals surface area contributed by atoms with Gasteiger partial charge in [0.2, 0.25) is 0 Å². The average molecular weight is 263 g/mol. The molecule has 0 bridgehead atoms. The van der Waals surface area contributed by atoms with Crippen molar-refractivity contribution >= 4 is 11.7 Å². The normalized spacial score (nSPS) is 12.2. The van der Waals surface area contributed by atoms with Crippen LogP contribution >= 0.6 is 0 Å². The molecule has 0 amide bonds. The highest BCUT2D eigenvalue weighted by atomic mass is 19.1. The van der Waals surface area contributed by atoms with E-state index in [-0.39, 0.29) is 17.3 Å². The molecule has 0 fully saturated rings. The first kappa shape index (κ1) is 13.1. The van der Waals surface area contributed by atoms with Gasteiger partial charge in [0.15, 0.2) is 0 Å². The first-order valence-corrected chi connectivity index (χ1v) is 5.75. The summed E-state index contributed by atoms with van der Waals surface area (Å²) in [5.74, 6) is -0.848. The van der Waals surface area contributed by atoms with Crippen molar-refractivity contribution in [2.75, 3.05) is 5.32 Å². The first-order valence-electron chi connectivity index (χ1n) is 5.75. The minimum absolute atomic E-state index is 0.0379. The van der Waals surface area contributed by atoms with Crippen LogP contribution in [0.4, 0.5) is 10.1 Å². The number of imidazole rings is 1. The molecule has 0 spiro atoms. The van der Waals surface area contributed by atoms with Gasteiger partial charge in [-0.3, -0.25) is 0 Å². The Balaban J connectivity index is 2.26. The standard InChI is InChI=1S/C13H14FN3O2/c1-8(12-15-5-6-17(12)2)16-11-7-9(13(18)19)3-4-10(11)14/h3-8,16H,1-2H3,(H,18,19). The largest absolute Gasteiger partial charge is 0.478 e. The molecule has 6 heteroatoms. The van der Waals surface area contributed by atoms with E-state index in [0.29, 0.717) is 0 Å². The number of carboxylic acid groups (broad SMARTS) is 1. The SMILES string of the molecule is CC(Nc1cc(C(=O)O)ccc1F)c1nccn1C. The monoisotopic (exact) mass is 263 g/mol. The van der Waals surface area contributed by atoms with Crippen LogP contribution < -0.4 is 5.32 Å². The zero-order valence-electron chi connectivity index (χ0n) is 10.6. The second-order valence-electron chi connectivity index (χ2n) is 4.26. The van der Waals surface area contributed by atoms with Crippen molar-refractivity contribution in [3.05, 3.63) is 47.8 Å². The van der Waals surface area contributed by atoms with Gasteiger partial charge in [-0.15, -0.1) is 0 Å². The fraction of sp³-hybridized carbons (Fsp3) is 0.231. The molecular weight excluding hydrogens is 249 g/mol. The number of benzene rings is 1. The van der Waals surface area contributed by atoms with Crippen LogP contribution in [0.3, 0.4) is 0 Å². The molecule has 1 unspecified atom stereocenters. The van der Waals surface area contributed by atoms with Gasteiger partial charge in [-0.2, -0.15) is 0 Å². The van der Waals surface area contributed by atoms with Crippen LogP contribution in [-0.2, 0) is 7.05 Å². The summed E-state index contributed by atoms with van der Waals surface area (Å²) in [6.07, 6.45) is 3.44. The van der Waals surface area contributed by atoms with Crippen molar-refractivity contribution in [2.45, 2.75) is 13.0 Å². The summed E-state index contributed by atoms with van der Waals surface area (Å²) >= 11 is 0. The van der Waals surface area contributed by atoms with Crippen LogP contribution in [0.15, 0.2) is 30.6 Å². The number of hydrogen-bond donors (Lipinski definition) is 2. The zero-order chi connectivity index (χ0) is 14.0. The number of rotatable bonds is 4. The molecule has 1 heterocycles. The fourth-order valence-electron chi connectivity index (χ4n) is 1.86. The highest BCUT2D eigenvalue weighted by Crippen LogP contribution is 2.22. The predicted molar refractivity (Wildman–Crippen MR) is 68.6 cm³/mol. The lowest BCUT2D eigenvalue weighted by Gasteiger charge is -2.16. The molecule has 0 saturated heterocycles. The van der Waals surface area contributed by atoms with Crippen LogP contribution in [0.25, 0.3) is 0 Å². The van der Waals surface area contributed by atoms with E-state index in [1.807, 2.05) is 18.5 Å². The van der Waals surface area contributed by atoms with Gasteiger partial charge in [0, 0.05) is 19.4 Å². The molecule has 19 heavy (non-hydrogen) atoms. The van der Waals surface area contributed by atoms with Crippen LogP contribution in [0.2, 0.25) is 0 Å². The van der Waals surface area contributed by atoms with E-state index < -0.39 is 11.8 Å². The lowest BCUT2D eigenvalue weighted by atomic mass is 10.1. The predicted octanol–water partition coefficient (Wildman–Crippen LogP) is 2.43. The van der Waals surface area contributed by atoms with Gasteiger partial charge in [0.25, 0.3) is 0 Å². The highest BCUT2D eigenvalue weighted by Gasteiger charge is 2.14. The van der Waals surface area contributed by atoms with Gasteiger partial charge in [0.1, 0.15) is 11.6 Å². The summed E-state index contributed by atoms with van der Waals surface area (Å²) in [6.45, 7) is 1.83. The molecule has 2 rings (SSSR count). The summed E-state index contributed by atoms with van der Waals surface area (Å²) in [5, 5.41) is 11.8. The topological polar surface area (TPSA) is 67.2 Å². The van der Waals surface area contributed by atoms with Crippen molar-refractivity contribution < 1.29 is 14.3 Å². The molecule has 1 atom stereocenters. The number of nitrogens with one attached hydrogen (secondary N) is 1. The number of anilines is 1. The van der Waals surface area contributed by atoms with Crippen LogP contribution in [0.5, 0.6) is 0 Å². The Morgan fingerprint density at radius 2 is 2.26 bits per heavy atom. The Morgan fingerprint density at radius 3 is 2.84 bits per heavy atom. The quantitative estimate of drug-likeness (QED) is 0.889. The van der Waals surface area contributed by atoms with Crippen molar-refractivity contribution in [1.29, 1.82) is 0 Å². The van der Waals surface area contributed by atoms with E-state index in [9.17, 15) is 9.18 Å². The molecule has 1 aromatic heterocycles. The van der Waals surface area contributed by atoms with E-state index >= 15 is 0 Å². The van der Waals surface area contributed by atoms with Gasteiger partial charge < -0.3 is 15.0 Å². The molecule has 0 aliphatic rings. The number of carbonyl (C=O) groups is 1. The van der Waals surface area contributed by atoms with E-state index in [2.05, 4.69) is 10.3 Å². The second kappa shape index (κ2) is 5.09. The lowest BCUT2D eigenvalue weighted by Crippen LogP contribution is -2.13. The number of aromatic nitrogens is 2. The Kier molecular flexibility index (Phi) is 3.50. The van der Waals surface area contributed by atoms with Gasteiger partial charge in [-0.25, -0.2) is 14.2 Å². The lowest BCUT2D eigenvalue weighted by molar-refractivity contribution is 0.0697. The van der Waals surface area contributed by atoms with Gasteiger partial charge in [0.05, 0.1) is 17.3 Å².